The van der Waals surface area contributed by atoms with Crippen LogP contribution in [0.4, 0.5) is 5.69 Å². The first-order chi connectivity index (χ1) is 13.0. The van der Waals surface area contributed by atoms with Crippen molar-refractivity contribution in [3.8, 4) is 11.5 Å². The van der Waals surface area contributed by atoms with E-state index in [0.717, 1.165) is 11.8 Å². The number of nitrogens with zero attached hydrogens (tertiary/aromatic N) is 1. The Morgan fingerprint density at radius 2 is 1.96 bits per heavy atom. The fourth-order valence-corrected chi connectivity index (χ4v) is 3.26. The van der Waals surface area contributed by atoms with Gasteiger partial charge in [-0.3, -0.25) is 4.79 Å². The van der Waals surface area contributed by atoms with Crippen LogP contribution in [0.25, 0.3) is 6.08 Å². The molecule has 1 amide bonds. The number of hydrogen-bond donors (Lipinski definition) is 2. The molecule has 2 N–H and O–H groups in total. The summed E-state index contributed by atoms with van der Waals surface area (Å²) >= 11 is 1.12. The molecule has 0 aromatic heterocycles. The number of thioether (sulfide) groups is 1. The molecule has 0 saturated carbocycles. The molecule has 2 aromatic rings. The van der Waals surface area contributed by atoms with Crippen molar-refractivity contribution >= 4 is 40.6 Å². The average molecular weight is 384 g/mol. The van der Waals surface area contributed by atoms with Crippen LogP contribution in [-0.4, -0.2) is 36.4 Å². The fourth-order valence-electron chi connectivity index (χ4n) is 2.44. The highest BCUT2D eigenvalue weighted by atomic mass is 32.2. The van der Waals surface area contributed by atoms with E-state index < -0.39 is 5.97 Å². The Labute approximate surface area is 159 Å². The first-order valence-electron chi connectivity index (χ1n) is 7.85. The average Bonchev–Trinajstić information content (AvgIpc) is 3.00. The maximum Gasteiger partial charge on any atom is 0.337 e. The Balaban J connectivity index is 1.93. The number of aromatic carboxylic acids is 1. The van der Waals surface area contributed by atoms with Gasteiger partial charge in [0.1, 0.15) is 11.5 Å². The Hall–Kier alpha value is -3.26. The molecule has 2 aromatic carbocycles. The number of benzene rings is 2. The van der Waals surface area contributed by atoms with Gasteiger partial charge >= 0.3 is 5.97 Å². The number of aliphatic imine (C=N–C) groups is 1. The molecule has 0 unspecified atom stereocenters. The van der Waals surface area contributed by atoms with Gasteiger partial charge in [-0.15, -0.1) is 0 Å². The largest absolute Gasteiger partial charge is 0.497 e. The van der Waals surface area contributed by atoms with E-state index in [0.29, 0.717) is 27.1 Å². The zero-order chi connectivity index (χ0) is 19.4. The lowest BCUT2D eigenvalue weighted by Gasteiger charge is -2.07. The molecular weight excluding hydrogens is 368 g/mol. The molecule has 0 radical (unpaired) electrons. The molecule has 138 valence electrons. The van der Waals surface area contributed by atoms with Crippen LogP contribution in [0.15, 0.2) is 52.4 Å². The van der Waals surface area contributed by atoms with Crippen LogP contribution in [0.1, 0.15) is 15.9 Å². The van der Waals surface area contributed by atoms with Crippen molar-refractivity contribution in [1.29, 1.82) is 0 Å². The predicted octanol–water partition coefficient (Wildman–Crippen LogP) is 3.29. The number of carbonyl (C=O) groups is 2. The van der Waals surface area contributed by atoms with E-state index in [1.165, 1.54) is 6.07 Å². The van der Waals surface area contributed by atoms with Gasteiger partial charge in [-0.1, -0.05) is 12.1 Å². The summed E-state index contributed by atoms with van der Waals surface area (Å²) < 4.78 is 10.5. The molecule has 1 fully saturated rings. The third-order valence-corrected chi connectivity index (χ3v) is 4.64. The Bertz CT molecular complexity index is 968. The number of carbonyl (C=O) groups excluding carboxylic acids is 1. The topological polar surface area (TPSA) is 97.2 Å². The molecule has 27 heavy (non-hydrogen) atoms. The number of amides is 1. The van der Waals surface area contributed by atoms with Crippen LogP contribution >= 0.6 is 11.8 Å². The van der Waals surface area contributed by atoms with Gasteiger partial charge in [0, 0.05) is 5.56 Å². The van der Waals surface area contributed by atoms with Crippen LogP contribution < -0.4 is 14.8 Å². The molecule has 1 heterocycles. The summed E-state index contributed by atoms with van der Waals surface area (Å²) in [6.07, 6.45) is 1.67. The van der Waals surface area contributed by atoms with E-state index in [-0.39, 0.29) is 17.2 Å². The van der Waals surface area contributed by atoms with Gasteiger partial charge < -0.3 is 19.9 Å². The number of methoxy groups -OCH3 is 2. The van der Waals surface area contributed by atoms with Crippen molar-refractivity contribution in [2.24, 2.45) is 4.99 Å². The highest BCUT2D eigenvalue weighted by molar-refractivity contribution is 8.18. The van der Waals surface area contributed by atoms with E-state index in [4.69, 9.17) is 9.47 Å². The molecule has 0 aliphatic carbocycles. The number of amidine groups is 1. The Kier molecular flexibility index (Phi) is 5.46. The number of para-hydroxylation sites is 1. The minimum Gasteiger partial charge on any atom is -0.497 e. The molecule has 3 rings (SSSR count). The van der Waals surface area contributed by atoms with Crippen molar-refractivity contribution in [1.82, 2.24) is 5.32 Å². The van der Waals surface area contributed by atoms with Gasteiger partial charge in [0.15, 0.2) is 5.17 Å². The van der Waals surface area contributed by atoms with Crippen molar-refractivity contribution in [3.05, 3.63) is 58.5 Å². The fraction of sp³-hybridized carbons (Fsp3) is 0.105. The molecule has 7 nitrogen and oxygen atoms in total. The summed E-state index contributed by atoms with van der Waals surface area (Å²) in [5, 5.41) is 12.2. The van der Waals surface area contributed by atoms with Gasteiger partial charge in [0.2, 0.25) is 0 Å². The minimum atomic E-state index is -1.08. The third-order valence-electron chi connectivity index (χ3n) is 3.73. The maximum atomic E-state index is 12.3. The number of carboxylic acids is 1. The second-order valence-corrected chi connectivity index (χ2v) is 6.44. The summed E-state index contributed by atoms with van der Waals surface area (Å²) in [4.78, 5) is 28.3. The van der Waals surface area contributed by atoms with Crippen molar-refractivity contribution in [2.75, 3.05) is 14.2 Å². The predicted molar refractivity (Wildman–Crippen MR) is 104 cm³/mol. The maximum absolute atomic E-state index is 12.3. The third kappa shape index (κ3) is 4.12. The van der Waals surface area contributed by atoms with E-state index in [2.05, 4.69) is 10.3 Å². The first-order valence-corrected chi connectivity index (χ1v) is 8.67. The van der Waals surface area contributed by atoms with Gasteiger partial charge in [0.25, 0.3) is 5.91 Å². The van der Waals surface area contributed by atoms with Crippen molar-refractivity contribution in [2.45, 2.75) is 0 Å². The van der Waals surface area contributed by atoms with Gasteiger partial charge in [0.05, 0.1) is 30.4 Å². The quantitative estimate of drug-likeness (QED) is 0.768. The lowest BCUT2D eigenvalue weighted by Crippen LogP contribution is -2.19. The summed E-state index contributed by atoms with van der Waals surface area (Å²) in [5.41, 5.74) is 1.02. The monoisotopic (exact) mass is 384 g/mol. The molecule has 0 spiro atoms. The molecular formula is C19H16N2O5S. The number of nitrogens with one attached hydrogen (secondary N) is 1. The standard InChI is InChI=1S/C19H16N2O5S/c1-25-12-7-8-15(26-2)11(9-12)10-16-17(22)21-19(27-16)20-14-6-4-3-5-13(14)18(23)24/h3-10H,1-2H3,(H,23,24)(H,20,21,22). The summed E-state index contributed by atoms with van der Waals surface area (Å²) in [6, 6.07) is 11.6. The SMILES string of the molecule is COc1ccc(OC)c(C=C2SC(=Nc3ccccc3C(=O)O)NC2=O)c1. The van der Waals surface area contributed by atoms with Gasteiger partial charge in [-0.25, -0.2) is 9.79 Å². The first kappa shape index (κ1) is 18.5. The molecule has 0 atom stereocenters. The smallest absolute Gasteiger partial charge is 0.337 e. The van der Waals surface area contributed by atoms with Crippen LogP contribution in [0.5, 0.6) is 11.5 Å². The van der Waals surface area contributed by atoms with E-state index in [1.54, 1.807) is 56.7 Å². The van der Waals surface area contributed by atoms with E-state index in [1.807, 2.05) is 0 Å². The summed E-state index contributed by atoms with van der Waals surface area (Å²) in [7, 11) is 3.10. The Morgan fingerprint density at radius 1 is 1.19 bits per heavy atom. The van der Waals surface area contributed by atoms with Crippen LogP contribution in [0.3, 0.4) is 0 Å². The van der Waals surface area contributed by atoms with Crippen molar-refractivity contribution < 1.29 is 24.2 Å². The van der Waals surface area contributed by atoms with Gasteiger partial charge in [-0.05, 0) is 48.2 Å². The van der Waals surface area contributed by atoms with E-state index in [9.17, 15) is 14.7 Å². The molecule has 1 saturated heterocycles. The summed E-state index contributed by atoms with van der Waals surface area (Å²) in [5.74, 6) is -0.175. The summed E-state index contributed by atoms with van der Waals surface area (Å²) in [6.45, 7) is 0. The zero-order valence-electron chi connectivity index (χ0n) is 14.6. The van der Waals surface area contributed by atoms with Gasteiger partial charge in [-0.2, -0.15) is 0 Å². The molecule has 8 heteroatoms. The highest BCUT2D eigenvalue weighted by Gasteiger charge is 2.25. The number of carboxylic acid groups (broad SMARTS) is 1. The lowest BCUT2D eigenvalue weighted by atomic mass is 10.1. The molecule has 1 aliphatic heterocycles. The number of hydrogen-bond acceptors (Lipinski definition) is 6. The molecule has 0 bridgehead atoms. The zero-order valence-corrected chi connectivity index (χ0v) is 15.4. The Morgan fingerprint density at radius 3 is 2.67 bits per heavy atom. The van der Waals surface area contributed by atoms with Crippen LogP contribution in [0, 0.1) is 0 Å². The molecule has 1 aliphatic rings. The van der Waals surface area contributed by atoms with Crippen LogP contribution in [0.2, 0.25) is 0 Å². The van der Waals surface area contributed by atoms with E-state index >= 15 is 0 Å². The second kappa shape index (κ2) is 7.96. The highest BCUT2D eigenvalue weighted by Crippen LogP contribution is 2.32. The lowest BCUT2D eigenvalue weighted by molar-refractivity contribution is -0.115. The number of rotatable bonds is 5. The normalized spacial score (nSPS) is 16.4. The van der Waals surface area contributed by atoms with Crippen molar-refractivity contribution in [3.63, 3.8) is 0 Å². The second-order valence-electron chi connectivity index (χ2n) is 5.41. The van der Waals surface area contributed by atoms with Crippen LogP contribution in [-0.2, 0) is 4.79 Å². The minimum absolute atomic E-state index is 0.0618. The number of ether oxygens (including phenoxy) is 2.